The molecule has 2 saturated carbocycles. The number of aliphatic hydroxyl groups is 2. The zero-order valence-corrected chi connectivity index (χ0v) is 13.5. The van der Waals surface area contributed by atoms with Gasteiger partial charge in [-0.05, 0) is 55.3 Å². The quantitative estimate of drug-likeness (QED) is 0.641. The molecule has 0 aromatic carbocycles. The molecule has 0 aromatic rings. The molecule has 1 heterocycles. The number of piperidine rings is 1. The van der Waals surface area contributed by atoms with Crippen LogP contribution in [0.2, 0.25) is 0 Å². The van der Waals surface area contributed by atoms with E-state index >= 15 is 0 Å². The Morgan fingerprint density at radius 1 is 1.27 bits per heavy atom. The van der Waals surface area contributed by atoms with E-state index in [-0.39, 0.29) is 34.9 Å². The highest BCUT2D eigenvalue weighted by Crippen LogP contribution is 2.63. The van der Waals surface area contributed by atoms with Gasteiger partial charge in [-0.1, -0.05) is 19.9 Å². The number of rotatable bonds is 0. The predicted molar refractivity (Wildman–Crippen MR) is 82.6 cm³/mol. The van der Waals surface area contributed by atoms with Crippen molar-refractivity contribution in [1.82, 2.24) is 5.32 Å². The van der Waals surface area contributed by atoms with Gasteiger partial charge in [0.05, 0.1) is 12.2 Å². The van der Waals surface area contributed by atoms with E-state index in [1.165, 1.54) is 0 Å². The van der Waals surface area contributed by atoms with Crippen molar-refractivity contribution in [3.63, 3.8) is 0 Å². The van der Waals surface area contributed by atoms with E-state index in [0.29, 0.717) is 24.7 Å². The van der Waals surface area contributed by atoms with Crippen LogP contribution in [0.3, 0.4) is 0 Å². The Balaban J connectivity index is 1.74. The van der Waals surface area contributed by atoms with E-state index in [0.717, 1.165) is 31.4 Å². The van der Waals surface area contributed by atoms with Crippen molar-refractivity contribution in [2.75, 3.05) is 0 Å². The fraction of sp³-hybridized carbons (Fsp3) is 0.833. The van der Waals surface area contributed by atoms with Crippen molar-refractivity contribution in [2.24, 2.45) is 28.6 Å². The highest BCUT2D eigenvalue weighted by molar-refractivity contribution is 5.79. The van der Waals surface area contributed by atoms with Crippen LogP contribution in [0.5, 0.6) is 0 Å². The summed E-state index contributed by atoms with van der Waals surface area (Å²) >= 11 is 0. The molecule has 3 aliphatic carbocycles. The molecule has 4 nitrogen and oxygen atoms in total. The Labute approximate surface area is 132 Å². The van der Waals surface area contributed by atoms with Crippen LogP contribution in [0.25, 0.3) is 0 Å². The second-order valence-corrected chi connectivity index (χ2v) is 8.49. The van der Waals surface area contributed by atoms with E-state index in [9.17, 15) is 15.0 Å². The molecule has 4 rings (SSSR count). The SMILES string of the molecule is C[C@]12CCC(=O)NC1=CCC1C2C(O)C[C@@]2(C)C1CC[C@@H]2O. The van der Waals surface area contributed by atoms with Gasteiger partial charge in [0.25, 0.3) is 0 Å². The highest BCUT2D eigenvalue weighted by atomic mass is 16.3. The number of carbonyl (C=O) groups excluding carboxylic acids is 1. The maximum absolute atomic E-state index is 11.7. The minimum Gasteiger partial charge on any atom is -0.393 e. The molecular weight excluding hydrogens is 278 g/mol. The van der Waals surface area contributed by atoms with E-state index in [4.69, 9.17) is 0 Å². The van der Waals surface area contributed by atoms with Crippen LogP contribution in [0, 0.1) is 28.6 Å². The Kier molecular flexibility index (Phi) is 3.06. The summed E-state index contributed by atoms with van der Waals surface area (Å²) in [5, 5.41) is 24.4. The first kappa shape index (κ1) is 14.7. The molecule has 4 unspecified atom stereocenters. The van der Waals surface area contributed by atoms with Gasteiger partial charge in [0.2, 0.25) is 5.91 Å². The summed E-state index contributed by atoms with van der Waals surface area (Å²) in [6, 6.07) is 0. The molecule has 1 amide bonds. The number of nitrogens with one attached hydrogen (secondary N) is 1. The van der Waals surface area contributed by atoms with Crippen LogP contribution in [0.15, 0.2) is 11.8 Å². The third-order valence-electron chi connectivity index (χ3n) is 7.49. The fourth-order valence-corrected chi connectivity index (χ4v) is 6.30. The average Bonchev–Trinajstić information content (AvgIpc) is 2.75. The van der Waals surface area contributed by atoms with E-state index in [1.807, 2.05) is 0 Å². The van der Waals surface area contributed by atoms with E-state index < -0.39 is 0 Å². The molecule has 7 atom stereocenters. The Bertz CT molecular complexity index is 544. The zero-order chi connectivity index (χ0) is 15.7. The lowest BCUT2D eigenvalue weighted by molar-refractivity contribution is -0.141. The maximum Gasteiger partial charge on any atom is 0.224 e. The Hall–Kier alpha value is -0.870. The van der Waals surface area contributed by atoms with Crippen molar-refractivity contribution in [3.8, 4) is 0 Å². The molecule has 4 heteroatoms. The molecule has 22 heavy (non-hydrogen) atoms. The van der Waals surface area contributed by atoms with Gasteiger partial charge in [0, 0.05) is 17.5 Å². The van der Waals surface area contributed by atoms with Gasteiger partial charge in [-0.15, -0.1) is 0 Å². The van der Waals surface area contributed by atoms with E-state index in [1.54, 1.807) is 0 Å². The number of aliphatic hydroxyl groups excluding tert-OH is 2. The molecule has 3 fully saturated rings. The van der Waals surface area contributed by atoms with Gasteiger partial charge < -0.3 is 15.5 Å². The standard InChI is InChI=1S/C18H27NO3/c1-17-8-7-15(22)19-13(17)5-3-10-11-4-6-14(21)18(11,2)9-12(20)16(10)17/h5,10-12,14,16,20-21H,3-4,6-9H2,1-2H3,(H,19,22)/t10?,11?,12?,14-,16?,17-,18-/m0/s1. The molecule has 0 radical (unpaired) electrons. The van der Waals surface area contributed by atoms with Crippen molar-refractivity contribution >= 4 is 5.91 Å². The molecule has 0 aromatic heterocycles. The predicted octanol–water partition coefficient (Wildman–Crippen LogP) is 1.96. The molecule has 3 N–H and O–H groups in total. The van der Waals surface area contributed by atoms with Gasteiger partial charge >= 0.3 is 0 Å². The number of amides is 1. The largest absolute Gasteiger partial charge is 0.393 e. The number of hydrogen-bond donors (Lipinski definition) is 3. The minimum absolute atomic E-state index is 0.105. The maximum atomic E-state index is 11.7. The summed E-state index contributed by atoms with van der Waals surface area (Å²) in [6.07, 6.45) is 6.44. The summed E-state index contributed by atoms with van der Waals surface area (Å²) in [5.41, 5.74) is 0.775. The first-order chi connectivity index (χ1) is 10.4. The lowest BCUT2D eigenvalue weighted by Gasteiger charge is -2.58. The third-order valence-corrected chi connectivity index (χ3v) is 7.49. The van der Waals surface area contributed by atoms with Gasteiger partial charge in [-0.2, -0.15) is 0 Å². The van der Waals surface area contributed by atoms with Crippen molar-refractivity contribution in [3.05, 3.63) is 11.8 Å². The number of allylic oxidation sites excluding steroid dienone is 2. The molecule has 122 valence electrons. The topological polar surface area (TPSA) is 69.6 Å². The second kappa shape index (κ2) is 4.57. The molecule has 0 bridgehead atoms. The fourth-order valence-electron chi connectivity index (χ4n) is 6.30. The van der Waals surface area contributed by atoms with Crippen LogP contribution >= 0.6 is 0 Å². The molecule has 1 saturated heterocycles. The summed E-state index contributed by atoms with van der Waals surface area (Å²) in [5.74, 6) is 1.22. The average molecular weight is 305 g/mol. The minimum atomic E-state index is -0.386. The normalized spacial score (nSPS) is 53.9. The smallest absolute Gasteiger partial charge is 0.224 e. The Morgan fingerprint density at radius 2 is 2.05 bits per heavy atom. The third kappa shape index (κ3) is 1.74. The number of hydrogen-bond acceptors (Lipinski definition) is 3. The van der Waals surface area contributed by atoms with Gasteiger partial charge in [0.1, 0.15) is 0 Å². The summed E-state index contributed by atoms with van der Waals surface area (Å²) in [7, 11) is 0. The summed E-state index contributed by atoms with van der Waals surface area (Å²) in [4.78, 5) is 11.7. The molecule has 1 aliphatic heterocycles. The lowest BCUT2D eigenvalue weighted by atomic mass is 9.49. The van der Waals surface area contributed by atoms with Crippen LogP contribution < -0.4 is 5.32 Å². The van der Waals surface area contributed by atoms with Crippen molar-refractivity contribution in [1.29, 1.82) is 0 Å². The number of fused-ring (bicyclic) bond motifs is 5. The van der Waals surface area contributed by atoms with Crippen molar-refractivity contribution < 1.29 is 15.0 Å². The van der Waals surface area contributed by atoms with Crippen molar-refractivity contribution in [2.45, 2.75) is 64.6 Å². The first-order valence-electron chi connectivity index (χ1n) is 8.73. The zero-order valence-electron chi connectivity index (χ0n) is 13.5. The van der Waals surface area contributed by atoms with Crippen LogP contribution in [-0.2, 0) is 4.79 Å². The van der Waals surface area contributed by atoms with Crippen LogP contribution in [-0.4, -0.2) is 28.3 Å². The van der Waals surface area contributed by atoms with Gasteiger partial charge in [-0.3, -0.25) is 4.79 Å². The second-order valence-electron chi connectivity index (χ2n) is 8.49. The first-order valence-corrected chi connectivity index (χ1v) is 8.73. The van der Waals surface area contributed by atoms with Gasteiger partial charge in [-0.25, -0.2) is 0 Å². The van der Waals surface area contributed by atoms with E-state index in [2.05, 4.69) is 25.2 Å². The molecule has 4 aliphatic rings. The highest BCUT2D eigenvalue weighted by Gasteiger charge is 2.61. The molecule has 0 spiro atoms. The van der Waals surface area contributed by atoms with Crippen LogP contribution in [0.4, 0.5) is 0 Å². The lowest BCUT2D eigenvalue weighted by Crippen LogP contribution is -2.58. The molecular formula is C18H27NO3. The Morgan fingerprint density at radius 3 is 2.82 bits per heavy atom. The van der Waals surface area contributed by atoms with Crippen LogP contribution in [0.1, 0.15) is 52.4 Å². The number of carbonyl (C=O) groups is 1. The summed E-state index contributed by atoms with van der Waals surface area (Å²) < 4.78 is 0. The van der Waals surface area contributed by atoms with Gasteiger partial charge in [0.15, 0.2) is 0 Å². The monoisotopic (exact) mass is 305 g/mol. The summed E-state index contributed by atoms with van der Waals surface area (Å²) in [6.45, 7) is 4.38.